The van der Waals surface area contributed by atoms with Gasteiger partial charge in [0.15, 0.2) is 5.65 Å². The molecule has 3 aromatic rings. The molecule has 0 unspecified atom stereocenters. The van der Waals surface area contributed by atoms with E-state index >= 15 is 0 Å². The van der Waals surface area contributed by atoms with E-state index in [1.165, 1.54) is 68.7 Å². The molecule has 2 aliphatic rings. The average Bonchev–Trinajstić information content (AvgIpc) is 3.14. The smallest absolute Gasteiger partial charge is 0.475 e. The van der Waals surface area contributed by atoms with E-state index in [2.05, 4.69) is 39.2 Å². The van der Waals surface area contributed by atoms with Crippen molar-refractivity contribution in [3.8, 4) is 0 Å². The van der Waals surface area contributed by atoms with Crippen molar-refractivity contribution in [1.29, 1.82) is 0 Å². The van der Waals surface area contributed by atoms with E-state index < -0.39 is 24.3 Å². The number of alkyl halides is 6. The number of nitrogens with one attached hydrogen (secondary N) is 1. The van der Waals surface area contributed by atoms with Gasteiger partial charge < -0.3 is 20.4 Å². The third-order valence-corrected chi connectivity index (χ3v) is 7.73. The molecule has 5 rings (SSSR count). The third-order valence-electron chi connectivity index (χ3n) is 7.48. The van der Waals surface area contributed by atoms with Crippen molar-refractivity contribution < 1.29 is 46.1 Å². The zero-order valence-corrected chi connectivity index (χ0v) is 25.6. The average molecular weight is 680 g/mol. The van der Waals surface area contributed by atoms with Gasteiger partial charge in [-0.15, -0.1) is 0 Å². The minimum atomic E-state index is -5.08. The number of aromatic nitrogens is 3. The van der Waals surface area contributed by atoms with Crippen LogP contribution in [0.15, 0.2) is 36.4 Å². The molecule has 16 heteroatoms. The summed E-state index contributed by atoms with van der Waals surface area (Å²) in [6, 6.07) is 13.1. The molecule has 1 aliphatic carbocycles. The van der Waals surface area contributed by atoms with E-state index in [9.17, 15) is 26.3 Å². The number of rotatable bonds is 6. The molecule has 254 valence electrons. The van der Waals surface area contributed by atoms with E-state index in [1.54, 1.807) is 0 Å². The highest BCUT2D eigenvalue weighted by Gasteiger charge is 2.38. The highest BCUT2D eigenvalue weighted by molar-refractivity contribution is 6.30. The molecular formula is C30H36ClF6N5O4. The fraction of sp³-hybridized carbons (Fsp3) is 0.533. The molecule has 3 heterocycles. The number of hydrogen-bond acceptors (Lipinski definition) is 6. The van der Waals surface area contributed by atoms with Gasteiger partial charge in [0, 0.05) is 36.1 Å². The molecular weight excluding hydrogens is 644 g/mol. The summed E-state index contributed by atoms with van der Waals surface area (Å²) in [6.07, 6.45) is 1.59. The van der Waals surface area contributed by atoms with Crippen molar-refractivity contribution in [2.24, 2.45) is 0 Å². The third kappa shape index (κ3) is 11.6. The Bertz CT molecular complexity index is 1390. The normalized spacial score (nSPS) is 16.1. The lowest BCUT2D eigenvalue weighted by Crippen LogP contribution is -2.30. The van der Waals surface area contributed by atoms with Gasteiger partial charge in [0.05, 0.1) is 12.2 Å². The van der Waals surface area contributed by atoms with Gasteiger partial charge in [-0.1, -0.05) is 55.8 Å². The highest BCUT2D eigenvalue weighted by atomic mass is 35.5. The second-order valence-corrected chi connectivity index (χ2v) is 11.4. The van der Waals surface area contributed by atoms with Gasteiger partial charge in [-0.2, -0.15) is 31.4 Å². The highest BCUT2D eigenvalue weighted by Crippen LogP contribution is 2.25. The topological polar surface area (TPSA) is 121 Å². The predicted molar refractivity (Wildman–Crippen MR) is 160 cm³/mol. The van der Waals surface area contributed by atoms with Crippen molar-refractivity contribution in [1.82, 2.24) is 20.1 Å². The lowest BCUT2D eigenvalue weighted by Gasteiger charge is -2.22. The molecule has 0 amide bonds. The summed E-state index contributed by atoms with van der Waals surface area (Å²) in [7, 11) is 0. The zero-order chi connectivity index (χ0) is 33.9. The van der Waals surface area contributed by atoms with Crippen LogP contribution in [0, 0.1) is 0 Å². The summed E-state index contributed by atoms with van der Waals surface area (Å²) in [5.74, 6) is -4.43. The first-order valence-electron chi connectivity index (χ1n) is 14.8. The molecule has 3 N–H and O–H groups in total. The van der Waals surface area contributed by atoms with Gasteiger partial charge in [-0.3, -0.25) is 0 Å². The van der Waals surface area contributed by atoms with Gasteiger partial charge in [0.25, 0.3) is 0 Å². The molecule has 1 aliphatic heterocycles. The van der Waals surface area contributed by atoms with Gasteiger partial charge in [-0.25, -0.2) is 19.3 Å². The van der Waals surface area contributed by atoms with E-state index in [0.29, 0.717) is 12.6 Å². The Kier molecular flexibility index (Phi) is 13.5. The quantitative estimate of drug-likeness (QED) is 0.234. The molecule has 9 nitrogen and oxygen atoms in total. The van der Waals surface area contributed by atoms with Crippen molar-refractivity contribution in [3.05, 3.63) is 52.7 Å². The van der Waals surface area contributed by atoms with Crippen molar-refractivity contribution in [2.75, 3.05) is 18.0 Å². The van der Waals surface area contributed by atoms with Gasteiger partial charge in [-0.05, 0) is 55.5 Å². The van der Waals surface area contributed by atoms with Crippen LogP contribution in [0.5, 0.6) is 0 Å². The fourth-order valence-electron chi connectivity index (χ4n) is 5.13. The van der Waals surface area contributed by atoms with Crippen LogP contribution >= 0.6 is 11.6 Å². The monoisotopic (exact) mass is 679 g/mol. The first kappa shape index (κ1) is 36.9. The van der Waals surface area contributed by atoms with E-state index in [0.717, 1.165) is 41.8 Å². The SMILES string of the molecule is Clc1ccc(Cn2nc(CNC3CCCCC3)c3ccc(N4CCCCCC4)nc32)cc1.O=C(O)C(F)(F)F.O=C(O)C(F)(F)F. The Morgan fingerprint density at radius 3 is 1.87 bits per heavy atom. The minimum absolute atomic E-state index is 0.615. The van der Waals surface area contributed by atoms with Crippen LogP contribution in [0.1, 0.15) is 69.0 Å². The van der Waals surface area contributed by atoms with Crippen LogP contribution in [0.25, 0.3) is 11.0 Å². The standard InChI is InChI=1S/C26H34ClN5.2C2HF3O2/c27-21-12-10-20(11-13-21)19-32-26-23(24(30-32)18-28-22-8-4-3-5-9-22)14-15-25(29-26)31-16-6-1-2-7-17-31;2*3-2(4,5)1(6)7/h10-15,22,28H,1-9,16-19H2;2*(H,6,7). The van der Waals surface area contributed by atoms with Crippen LogP contribution in [0.4, 0.5) is 32.2 Å². The molecule has 2 aromatic heterocycles. The van der Waals surface area contributed by atoms with Crippen molar-refractivity contribution in [3.63, 3.8) is 0 Å². The lowest BCUT2D eigenvalue weighted by atomic mass is 9.95. The zero-order valence-electron chi connectivity index (χ0n) is 24.9. The molecule has 0 atom stereocenters. The maximum atomic E-state index is 10.6. The Morgan fingerprint density at radius 2 is 1.35 bits per heavy atom. The van der Waals surface area contributed by atoms with Gasteiger partial charge in [0.1, 0.15) is 5.82 Å². The first-order valence-corrected chi connectivity index (χ1v) is 15.2. The van der Waals surface area contributed by atoms with E-state index in [1.807, 2.05) is 12.1 Å². The number of nitrogens with zero attached hydrogens (tertiary/aromatic N) is 4. The number of hydrogen-bond donors (Lipinski definition) is 3. The number of halogens is 7. The fourth-order valence-corrected chi connectivity index (χ4v) is 5.26. The number of benzene rings is 1. The number of anilines is 1. The maximum absolute atomic E-state index is 10.6. The van der Waals surface area contributed by atoms with Gasteiger partial charge >= 0.3 is 24.3 Å². The van der Waals surface area contributed by atoms with Crippen molar-refractivity contribution >= 4 is 40.4 Å². The van der Waals surface area contributed by atoms with Crippen LogP contribution in [0.2, 0.25) is 5.02 Å². The number of carbonyl (C=O) groups is 2. The Hall–Kier alpha value is -3.59. The summed E-state index contributed by atoms with van der Waals surface area (Å²) in [6.45, 7) is 3.70. The Balaban J connectivity index is 0.000000345. The molecule has 1 aromatic carbocycles. The van der Waals surface area contributed by atoms with Crippen molar-refractivity contribution in [2.45, 2.75) is 89.3 Å². The molecule has 0 spiro atoms. The number of carboxylic acids is 2. The largest absolute Gasteiger partial charge is 0.490 e. The second-order valence-electron chi connectivity index (χ2n) is 11.0. The van der Waals surface area contributed by atoms with Crippen LogP contribution in [0.3, 0.4) is 0 Å². The molecule has 2 fully saturated rings. The molecule has 0 bridgehead atoms. The van der Waals surface area contributed by atoms with E-state index in [4.69, 9.17) is 41.5 Å². The maximum Gasteiger partial charge on any atom is 0.490 e. The summed E-state index contributed by atoms with van der Waals surface area (Å²) in [5, 5.41) is 25.0. The number of carboxylic acid groups (broad SMARTS) is 2. The number of fused-ring (bicyclic) bond motifs is 1. The molecule has 1 saturated carbocycles. The summed E-state index contributed by atoms with van der Waals surface area (Å²) in [4.78, 5) is 25.4. The lowest BCUT2D eigenvalue weighted by molar-refractivity contribution is -0.193. The van der Waals surface area contributed by atoms with Crippen LogP contribution < -0.4 is 10.2 Å². The summed E-state index contributed by atoms with van der Waals surface area (Å²) < 4.78 is 65.6. The minimum Gasteiger partial charge on any atom is -0.475 e. The number of pyridine rings is 1. The Morgan fingerprint density at radius 1 is 0.826 bits per heavy atom. The van der Waals surface area contributed by atoms with Crippen LogP contribution in [-0.2, 0) is 22.7 Å². The van der Waals surface area contributed by atoms with Gasteiger partial charge in [0.2, 0.25) is 0 Å². The van der Waals surface area contributed by atoms with Crippen LogP contribution in [-0.4, -0.2) is 68.4 Å². The summed E-state index contributed by atoms with van der Waals surface area (Å²) >= 11 is 6.10. The Labute approximate surface area is 266 Å². The molecule has 0 radical (unpaired) electrons. The van der Waals surface area contributed by atoms with E-state index in [-0.39, 0.29) is 0 Å². The molecule has 1 saturated heterocycles. The first-order chi connectivity index (χ1) is 21.6. The number of aliphatic carboxylic acids is 2. The summed E-state index contributed by atoms with van der Waals surface area (Å²) in [5.41, 5.74) is 3.28. The predicted octanol–water partition coefficient (Wildman–Crippen LogP) is 7.20. The molecule has 46 heavy (non-hydrogen) atoms. The second kappa shape index (κ2) is 16.8.